The van der Waals surface area contributed by atoms with Crippen LogP contribution in [0.1, 0.15) is 4.88 Å². The summed E-state index contributed by atoms with van der Waals surface area (Å²) in [5.74, 6) is -0.354. The molecule has 0 atom stereocenters. The van der Waals surface area contributed by atoms with Gasteiger partial charge in [0.05, 0.1) is 7.11 Å². The number of nitrogens with zero attached hydrogens (tertiary/aromatic N) is 1. The monoisotopic (exact) mass is 433 g/mol. The van der Waals surface area contributed by atoms with Crippen LogP contribution in [0.4, 0.5) is 10.5 Å². The standard InChI is InChI=1S/C23H19N3O4S/c1-30-18-9-7-17(8-10-18)24-21(27)13-26-22(28)20(25-23(26)29)12-19-11-16(14-31-19)15-5-3-2-4-6-15/h2-12,14H,13H2,1H3,(H,24,27)(H,25,29)/b20-12-. The van der Waals surface area contributed by atoms with Crippen LogP contribution in [0.25, 0.3) is 17.2 Å². The minimum atomic E-state index is -0.624. The topological polar surface area (TPSA) is 87.7 Å². The highest BCUT2D eigenvalue weighted by atomic mass is 32.1. The number of anilines is 1. The van der Waals surface area contributed by atoms with Crippen LogP contribution >= 0.6 is 11.3 Å². The molecule has 1 saturated heterocycles. The number of thiophene rings is 1. The van der Waals surface area contributed by atoms with Gasteiger partial charge in [-0.05, 0) is 52.9 Å². The maximum atomic E-state index is 12.7. The number of rotatable bonds is 6. The van der Waals surface area contributed by atoms with Gasteiger partial charge in [0, 0.05) is 10.6 Å². The molecule has 2 aromatic carbocycles. The van der Waals surface area contributed by atoms with E-state index < -0.39 is 17.8 Å². The highest BCUT2D eigenvalue weighted by molar-refractivity contribution is 7.11. The van der Waals surface area contributed by atoms with Gasteiger partial charge in [-0.15, -0.1) is 11.3 Å². The average Bonchev–Trinajstić information content (AvgIpc) is 3.35. The van der Waals surface area contributed by atoms with Crippen molar-refractivity contribution in [3.63, 3.8) is 0 Å². The third-order valence-electron chi connectivity index (χ3n) is 4.65. The molecule has 31 heavy (non-hydrogen) atoms. The molecule has 4 rings (SSSR count). The van der Waals surface area contributed by atoms with E-state index in [0.717, 1.165) is 20.9 Å². The van der Waals surface area contributed by atoms with Gasteiger partial charge in [0.15, 0.2) is 0 Å². The molecule has 1 aromatic heterocycles. The van der Waals surface area contributed by atoms with Crippen molar-refractivity contribution >= 4 is 40.9 Å². The number of ether oxygens (including phenoxy) is 1. The average molecular weight is 433 g/mol. The zero-order chi connectivity index (χ0) is 21.8. The van der Waals surface area contributed by atoms with E-state index in [1.54, 1.807) is 37.5 Å². The molecule has 8 heteroatoms. The molecular weight excluding hydrogens is 414 g/mol. The van der Waals surface area contributed by atoms with Gasteiger partial charge in [0.1, 0.15) is 18.0 Å². The van der Waals surface area contributed by atoms with E-state index in [1.807, 2.05) is 41.8 Å². The van der Waals surface area contributed by atoms with Crippen molar-refractivity contribution in [3.05, 3.63) is 76.6 Å². The van der Waals surface area contributed by atoms with Crippen molar-refractivity contribution < 1.29 is 19.1 Å². The lowest BCUT2D eigenvalue weighted by molar-refractivity contribution is -0.127. The first-order chi connectivity index (χ1) is 15.0. The van der Waals surface area contributed by atoms with Crippen LogP contribution in [0.2, 0.25) is 0 Å². The molecule has 156 valence electrons. The van der Waals surface area contributed by atoms with Crippen LogP contribution in [0.5, 0.6) is 5.75 Å². The summed E-state index contributed by atoms with van der Waals surface area (Å²) < 4.78 is 5.07. The number of nitrogens with one attached hydrogen (secondary N) is 2. The Morgan fingerprint density at radius 2 is 1.84 bits per heavy atom. The van der Waals surface area contributed by atoms with Gasteiger partial charge in [-0.25, -0.2) is 9.69 Å². The highest BCUT2D eigenvalue weighted by Gasteiger charge is 2.35. The van der Waals surface area contributed by atoms with E-state index in [4.69, 9.17) is 4.74 Å². The predicted molar refractivity (Wildman–Crippen MR) is 120 cm³/mol. The quantitative estimate of drug-likeness (QED) is 0.455. The number of hydrogen-bond acceptors (Lipinski definition) is 5. The molecule has 0 spiro atoms. The molecule has 0 unspecified atom stereocenters. The van der Waals surface area contributed by atoms with Crippen molar-refractivity contribution in [2.24, 2.45) is 0 Å². The van der Waals surface area contributed by atoms with Crippen molar-refractivity contribution in [1.82, 2.24) is 10.2 Å². The second-order valence-corrected chi connectivity index (χ2v) is 7.70. The Morgan fingerprint density at radius 3 is 2.55 bits per heavy atom. The maximum Gasteiger partial charge on any atom is 0.329 e. The van der Waals surface area contributed by atoms with Gasteiger partial charge in [0.2, 0.25) is 5.91 Å². The summed E-state index contributed by atoms with van der Waals surface area (Å²) in [6, 6.07) is 18.0. The molecule has 2 heterocycles. The molecule has 3 aromatic rings. The summed E-state index contributed by atoms with van der Waals surface area (Å²) >= 11 is 1.47. The summed E-state index contributed by atoms with van der Waals surface area (Å²) in [6.07, 6.45) is 1.62. The van der Waals surface area contributed by atoms with Gasteiger partial charge >= 0.3 is 6.03 Å². The van der Waals surface area contributed by atoms with E-state index in [0.29, 0.717) is 11.4 Å². The molecule has 0 saturated carbocycles. The first-order valence-electron chi connectivity index (χ1n) is 9.46. The number of carbonyl (C=O) groups is 3. The SMILES string of the molecule is COc1ccc(NC(=O)CN2C(=O)N/C(=C\c3cc(-c4ccccc4)cs3)C2=O)cc1. The Labute approximate surface area is 183 Å². The maximum absolute atomic E-state index is 12.7. The number of benzene rings is 2. The zero-order valence-electron chi connectivity index (χ0n) is 16.6. The van der Waals surface area contributed by atoms with E-state index >= 15 is 0 Å². The number of hydrogen-bond donors (Lipinski definition) is 2. The molecule has 4 amide bonds. The minimum absolute atomic E-state index is 0.142. The van der Waals surface area contributed by atoms with Crippen LogP contribution in [0.15, 0.2) is 71.7 Å². The normalized spacial score (nSPS) is 14.6. The van der Waals surface area contributed by atoms with Crippen LogP contribution in [-0.4, -0.2) is 36.4 Å². The molecule has 1 fully saturated rings. The predicted octanol–water partition coefficient (Wildman–Crippen LogP) is 3.96. The zero-order valence-corrected chi connectivity index (χ0v) is 17.4. The molecule has 1 aliphatic heterocycles. The van der Waals surface area contributed by atoms with Crippen molar-refractivity contribution in [2.45, 2.75) is 0 Å². The Hall–Kier alpha value is -3.91. The van der Waals surface area contributed by atoms with E-state index in [9.17, 15) is 14.4 Å². The number of imide groups is 1. The summed E-state index contributed by atoms with van der Waals surface area (Å²) in [5, 5.41) is 7.19. The van der Waals surface area contributed by atoms with Crippen molar-refractivity contribution in [1.29, 1.82) is 0 Å². The summed E-state index contributed by atoms with van der Waals surface area (Å²) in [4.78, 5) is 38.9. The third kappa shape index (κ3) is 4.65. The second kappa shape index (κ2) is 8.85. The fraction of sp³-hybridized carbons (Fsp3) is 0.0870. The highest BCUT2D eigenvalue weighted by Crippen LogP contribution is 2.27. The fourth-order valence-electron chi connectivity index (χ4n) is 3.09. The molecule has 0 aliphatic carbocycles. The van der Waals surface area contributed by atoms with Gasteiger partial charge in [-0.1, -0.05) is 30.3 Å². The van der Waals surface area contributed by atoms with E-state index in [-0.39, 0.29) is 12.2 Å². The number of carbonyl (C=O) groups excluding carboxylic acids is 3. The Kier molecular flexibility index (Phi) is 5.81. The van der Waals surface area contributed by atoms with Crippen LogP contribution in [0, 0.1) is 0 Å². The van der Waals surface area contributed by atoms with Gasteiger partial charge in [-0.2, -0.15) is 0 Å². The van der Waals surface area contributed by atoms with E-state index in [2.05, 4.69) is 10.6 Å². The van der Waals surface area contributed by atoms with Gasteiger partial charge < -0.3 is 15.4 Å². The van der Waals surface area contributed by atoms with E-state index in [1.165, 1.54) is 11.3 Å². The van der Waals surface area contributed by atoms with Gasteiger partial charge in [-0.3, -0.25) is 9.59 Å². The summed E-state index contributed by atoms with van der Waals surface area (Å²) in [6.45, 7) is -0.381. The number of urea groups is 1. The Balaban J connectivity index is 1.42. The smallest absolute Gasteiger partial charge is 0.329 e. The lowest BCUT2D eigenvalue weighted by atomic mass is 10.1. The summed E-state index contributed by atoms with van der Waals surface area (Å²) in [5.41, 5.74) is 2.79. The van der Waals surface area contributed by atoms with Crippen molar-refractivity contribution in [3.8, 4) is 16.9 Å². The first kappa shape index (κ1) is 20.4. The molecule has 1 aliphatic rings. The molecule has 0 bridgehead atoms. The molecule has 0 radical (unpaired) electrons. The second-order valence-electron chi connectivity index (χ2n) is 6.76. The lowest BCUT2D eigenvalue weighted by Gasteiger charge is -2.12. The van der Waals surface area contributed by atoms with Crippen LogP contribution in [0.3, 0.4) is 0 Å². The molecular formula is C23H19N3O4S. The molecule has 2 N–H and O–H groups in total. The fourth-order valence-corrected chi connectivity index (χ4v) is 3.93. The summed E-state index contributed by atoms with van der Waals surface area (Å²) in [7, 11) is 1.55. The number of amides is 4. The largest absolute Gasteiger partial charge is 0.497 e. The third-order valence-corrected chi connectivity index (χ3v) is 5.53. The molecule has 7 nitrogen and oxygen atoms in total. The Morgan fingerprint density at radius 1 is 1.10 bits per heavy atom. The lowest BCUT2D eigenvalue weighted by Crippen LogP contribution is -2.38. The van der Waals surface area contributed by atoms with Crippen LogP contribution < -0.4 is 15.4 Å². The van der Waals surface area contributed by atoms with Gasteiger partial charge in [0.25, 0.3) is 5.91 Å². The van der Waals surface area contributed by atoms with Crippen molar-refractivity contribution in [2.75, 3.05) is 19.0 Å². The number of methoxy groups -OCH3 is 1. The Bertz CT molecular complexity index is 1150. The minimum Gasteiger partial charge on any atom is -0.497 e. The first-order valence-corrected chi connectivity index (χ1v) is 10.3. The van der Waals surface area contributed by atoms with Crippen LogP contribution in [-0.2, 0) is 9.59 Å².